The van der Waals surface area contributed by atoms with Gasteiger partial charge in [-0.25, -0.2) is 19.6 Å². The summed E-state index contributed by atoms with van der Waals surface area (Å²) in [6.07, 6.45) is 2.27. The molecule has 5 aromatic rings. The number of amides is 4. The fraction of sp³-hybridized carbons (Fsp3) is 0.442. The van der Waals surface area contributed by atoms with Crippen molar-refractivity contribution < 1.29 is 42.9 Å². The molecule has 0 bridgehead atoms. The quantitative estimate of drug-likeness (QED) is 0.131. The number of aromatic nitrogens is 4. The van der Waals surface area contributed by atoms with E-state index in [0.717, 1.165) is 81.2 Å². The molecule has 316 valence electrons. The van der Waals surface area contributed by atoms with E-state index in [4.69, 9.17) is 33.7 Å². The lowest BCUT2D eigenvalue weighted by molar-refractivity contribution is -0.138. The Hall–Kier alpha value is -6.20. The van der Waals surface area contributed by atoms with Crippen LogP contribution < -0.4 is 15.4 Å². The average Bonchev–Trinajstić information content (AvgIpc) is 4.12. The smallest absolute Gasteiger partial charge is 0.407 e. The molecule has 3 aromatic carbocycles. The van der Waals surface area contributed by atoms with E-state index in [-0.39, 0.29) is 23.9 Å². The van der Waals surface area contributed by atoms with Crippen LogP contribution in [0.25, 0.3) is 44.2 Å². The van der Waals surface area contributed by atoms with Crippen molar-refractivity contribution in [3.63, 3.8) is 0 Å². The fourth-order valence-electron chi connectivity index (χ4n) is 8.68. The highest BCUT2D eigenvalue weighted by Gasteiger charge is 2.40. The summed E-state index contributed by atoms with van der Waals surface area (Å²) >= 11 is 0. The number of fused-ring (bicyclic) bond motifs is 6. The number of hydrogen-bond acceptors (Lipinski definition) is 11. The monoisotopic (exact) mass is 822 g/mol. The Morgan fingerprint density at radius 2 is 1.42 bits per heavy atom. The molecule has 2 unspecified atom stereocenters. The largest absolute Gasteiger partial charge is 0.488 e. The SMILES string of the molecule is COC(=O)NC(C(=O)N1CCC[C@H]1c1nc2ccc3cc4c(cc3c2[nH]1)OCc1cc(-c2cnc([C@@H]3CCCN3C(=O)[C@@H](NC(=O)OC)[C@@H](C)OC)[nH]2)ccc1-4)C(C)OC. The molecule has 0 radical (unpaired) electrons. The van der Waals surface area contributed by atoms with Crippen LogP contribution in [0.15, 0.2) is 48.7 Å². The maximum Gasteiger partial charge on any atom is 0.407 e. The number of nitrogens with zero attached hydrogens (tertiary/aromatic N) is 4. The molecule has 2 saturated heterocycles. The summed E-state index contributed by atoms with van der Waals surface area (Å²) in [6, 6.07) is 12.0. The normalized spacial score (nSPS) is 19.2. The minimum Gasteiger partial charge on any atom is -0.488 e. The molecule has 17 nitrogen and oxygen atoms in total. The van der Waals surface area contributed by atoms with E-state index in [1.807, 2.05) is 12.1 Å². The summed E-state index contributed by atoms with van der Waals surface area (Å²) in [4.78, 5) is 71.9. The van der Waals surface area contributed by atoms with Gasteiger partial charge in [0.25, 0.3) is 0 Å². The molecule has 4 amide bonds. The third-order valence-electron chi connectivity index (χ3n) is 12.1. The molecule has 6 atom stereocenters. The molecule has 0 saturated carbocycles. The topological polar surface area (TPSA) is 202 Å². The average molecular weight is 823 g/mol. The van der Waals surface area contributed by atoms with Gasteiger partial charge >= 0.3 is 12.2 Å². The number of hydrogen-bond donors (Lipinski definition) is 4. The van der Waals surface area contributed by atoms with Crippen molar-refractivity contribution in [1.82, 2.24) is 40.4 Å². The van der Waals surface area contributed by atoms with Crippen LogP contribution in [0.3, 0.4) is 0 Å². The van der Waals surface area contributed by atoms with E-state index in [9.17, 15) is 19.2 Å². The second-order valence-corrected chi connectivity index (χ2v) is 15.5. The predicted molar refractivity (Wildman–Crippen MR) is 220 cm³/mol. The third kappa shape index (κ3) is 7.47. The Kier molecular flexibility index (Phi) is 11.4. The molecule has 4 N–H and O–H groups in total. The van der Waals surface area contributed by atoms with Crippen LogP contribution in [-0.4, -0.2) is 120 Å². The summed E-state index contributed by atoms with van der Waals surface area (Å²) in [5, 5.41) is 7.22. The van der Waals surface area contributed by atoms with Gasteiger partial charge in [0, 0.05) is 38.3 Å². The lowest BCUT2D eigenvalue weighted by atomic mass is 9.92. The number of ether oxygens (including phenoxy) is 5. The van der Waals surface area contributed by atoms with Crippen molar-refractivity contribution in [3.8, 4) is 28.1 Å². The summed E-state index contributed by atoms with van der Waals surface area (Å²) in [5.41, 5.74) is 6.44. The number of carbonyl (C=O) groups is 4. The Bertz CT molecular complexity index is 2450. The highest BCUT2D eigenvalue weighted by atomic mass is 16.5. The van der Waals surface area contributed by atoms with E-state index in [2.05, 4.69) is 50.9 Å². The van der Waals surface area contributed by atoms with E-state index in [1.54, 1.807) is 29.8 Å². The molecule has 8 rings (SSSR count). The molecule has 60 heavy (non-hydrogen) atoms. The lowest BCUT2D eigenvalue weighted by Gasteiger charge is -2.30. The van der Waals surface area contributed by atoms with Gasteiger partial charge in [-0.15, -0.1) is 0 Å². The molecule has 5 heterocycles. The van der Waals surface area contributed by atoms with Gasteiger partial charge in [0.2, 0.25) is 11.8 Å². The molecule has 2 aromatic heterocycles. The van der Waals surface area contributed by atoms with E-state index >= 15 is 0 Å². The number of alkyl carbamates (subject to hydrolysis) is 2. The van der Waals surface area contributed by atoms with Crippen LogP contribution in [0, 0.1) is 0 Å². The van der Waals surface area contributed by atoms with Gasteiger partial charge in [-0.1, -0.05) is 18.2 Å². The van der Waals surface area contributed by atoms with Crippen molar-refractivity contribution >= 4 is 45.8 Å². The highest BCUT2D eigenvalue weighted by Crippen LogP contribution is 2.43. The maximum atomic E-state index is 13.8. The van der Waals surface area contributed by atoms with Crippen molar-refractivity contribution in [2.75, 3.05) is 41.5 Å². The van der Waals surface area contributed by atoms with Crippen LogP contribution in [0.5, 0.6) is 5.75 Å². The number of aromatic amines is 2. The Labute approximate surface area is 346 Å². The Balaban J connectivity index is 1.03. The third-order valence-corrected chi connectivity index (χ3v) is 12.1. The van der Waals surface area contributed by atoms with E-state index < -0.39 is 36.5 Å². The van der Waals surface area contributed by atoms with Crippen molar-refractivity contribution in [2.45, 2.75) is 82.5 Å². The molecule has 3 aliphatic heterocycles. The molecule has 3 aliphatic rings. The van der Waals surface area contributed by atoms with Crippen LogP contribution in [0.2, 0.25) is 0 Å². The standard InChI is InChI=1S/C43H50N8O9/c1-22(56-3)35(48-42(54)58-5)40(52)50-15-7-9-32(50)38-44-20-31(46-38)25-11-13-27-26(17-25)21-60-34-19-28-24(18-29(27)34)12-14-30-37(28)47-39(45-30)33-10-8-16-51(33)41(53)36(23(2)57-4)49-43(55)59-6/h11-14,17-20,22-23,32-33,35-36H,7-10,15-16,21H2,1-6H3,(H,44,46)(H,45,47)(H,48,54)(H,49,55)/t22-,23?,32+,33+,35+,36?/m1/s1. The van der Waals surface area contributed by atoms with Crippen LogP contribution in [-0.2, 0) is 35.1 Å². The molecule has 0 aliphatic carbocycles. The number of rotatable bonds is 11. The Morgan fingerprint density at radius 1 is 0.783 bits per heavy atom. The number of benzene rings is 3. The molecular weight excluding hydrogens is 773 g/mol. The molecular formula is C43H50N8O9. The van der Waals surface area contributed by atoms with E-state index in [0.29, 0.717) is 31.3 Å². The van der Waals surface area contributed by atoms with Gasteiger partial charge in [-0.2, -0.15) is 0 Å². The number of likely N-dealkylation sites (tertiary alicyclic amines) is 2. The van der Waals surface area contributed by atoms with Crippen LogP contribution >= 0.6 is 0 Å². The minimum atomic E-state index is -0.920. The second kappa shape index (κ2) is 16.8. The molecule has 0 spiro atoms. The number of carbonyl (C=O) groups excluding carboxylic acids is 4. The minimum absolute atomic E-state index is 0.258. The van der Waals surface area contributed by atoms with Gasteiger partial charge in [-0.3, -0.25) is 9.59 Å². The van der Waals surface area contributed by atoms with Crippen molar-refractivity contribution in [2.24, 2.45) is 0 Å². The van der Waals surface area contributed by atoms with Crippen molar-refractivity contribution in [3.05, 3.63) is 65.9 Å². The fourth-order valence-corrected chi connectivity index (χ4v) is 8.68. The van der Waals surface area contributed by atoms with Crippen molar-refractivity contribution in [1.29, 1.82) is 0 Å². The molecule has 2 fully saturated rings. The lowest BCUT2D eigenvalue weighted by Crippen LogP contribution is -2.54. The van der Waals surface area contributed by atoms with Gasteiger partial charge in [0.15, 0.2) is 0 Å². The Morgan fingerprint density at radius 3 is 2.03 bits per heavy atom. The second-order valence-electron chi connectivity index (χ2n) is 15.5. The van der Waals surface area contributed by atoms with Gasteiger partial charge < -0.3 is 54.1 Å². The first-order chi connectivity index (χ1) is 29.0. The van der Waals surface area contributed by atoms with Gasteiger partial charge in [0.05, 0.1) is 61.4 Å². The first-order valence-corrected chi connectivity index (χ1v) is 20.2. The van der Waals surface area contributed by atoms with Crippen LogP contribution in [0.1, 0.15) is 68.8 Å². The zero-order chi connectivity index (χ0) is 42.2. The maximum absolute atomic E-state index is 13.8. The van der Waals surface area contributed by atoms with Gasteiger partial charge in [-0.05, 0) is 85.9 Å². The summed E-state index contributed by atoms with van der Waals surface area (Å²) in [5.74, 6) is 1.59. The van der Waals surface area contributed by atoms with E-state index in [1.165, 1.54) is 28.4 Å². The van der Waals surface area contributed by atoms with Gasteiger partial charge in [0.1, 0.15) is 36.1 Å². The molecule has 17 heteroatoms. The summed E-state index contributed by atoms with van der Waals surface area (Å²) in [6.45, 7) is 4.88. The summed E-state index contributed by atoms with van der Waals surface area (Å²) in [7, 11) is 5.51. The first-order valence-electron chi connectivity index (χ1n) is 20.2. The number of methoxy groups -OCH3 is 4. The highest BCUT2D eigenvalue weighted by molar-refractivity contribution is 6.07. The summed E-state index contributed by atoms with van der Waals surface area (Å²) < 4.78 is 26.8. The predicted octanol–water partition coefficient (Wildman–Crippen LogP) is 5.51. The first kappa shape index (κ1) is 40.6. The number of imidazole rings is 2. The van der Waals surface area contributed by atoms with Crippen LogP contribution in [0.4, 0.5) is 9.59 Å². The number of H-pyrrole nitrogens is 2. The number of nitrogens with one attached hydrogen (secondary N) is 4. The zero-order valence-electron chi connectivity index (χ0n) is 34.5. The zero-order valence-corrected chi connectivity index (χ0v) is 34.5.